The van der Waals surface area contributed by atoms with E-state index in [2.05, 4.69) is 5.32 Å². The van der Waals surface area contributed by atoms with Crippen LogP contribution in [0, 0.1) is 0 Å². The third kappa shape index (κ3) is 5.76. The second-order valence-corrected chi connectivity index (χ2v) is 7.45. The standard InChI is InChI=1S/C15H16N2O5S2/c16-24(20,21)13-5-1-3-11(9-13)17-14(18)10-22-15(19)7-6-12-4-2-8-23-12/h1-5,8-9H,6-7,10H2,(H,17,18)(H2,16,20,21). The minimum absolute atomic E-state index is 0.117. The Morgan fingerprint density at radius 1 is 1.21 bits per heavy atom. The molecule has 2 rings (SSSR count). The number of benzene rings is 1. The van der Waals surface area contributed by atoms with Crippen molar-refractivity contribution in [3.05, 3.63) is 46.7 Å². The molecule has 0 radical (unpaired) electrons. The lowest BCUT2D eigenvalue weighted by Gasteiger charge is -2.07. The number of sulfonamides is 1. The van der Waals surface area contributed by atoms with Gasteiger partial charge in [-0.05, 0) is 36.1 Å². The van der Waals surface area contributed by atoms with E-state index < -0.39 is 28.5 Å². The molecule has 1 heterocycles. The third-order valence-electron chi connectivity index (χ3n) is 2.97. The fraction of sp³-hybridized carbons (Fsp3) is 0.200. The lowest BCUT2D eigenvalue weighted by atomic mass is 10.3. The van der Waals surface area contributed by atoms with Crippen molar-refractivity contribution in [2.45, 2.75) is 17.7 Å². The summed E-state index contributed by atoms with van der Waals surface area (Å²) >= 11 is 1.55. The predicted octanol–water partition coefficient (Wildman–Crippen LogP) is 1.51. The van der Waals surface area contributed by atoms with Crippen molar-refractivity contribution < 1.29 is 22.7 Å². The smallest absolute Gasteiger partial charge is 0.306 e. The molecular formula is C15H16N2O5S2. The van der Waals surface area contributed by atoms with E-state index in [-0.39, 0.29) is 17.0 Å². The van der Waals surface area contributed by atoms with Crippen LogP contribution in [0.5, 0.6) is 0 Å². The zero-order valence-electron chi connectivity index (χ0n) is 12.6. The number of nitrogens with two attached hydrogens (primary N) is 1. The van der Waals surface area contributed by atoms with Crippen LogP contribution in [0.4, 0.5) is 5.69 Å². The Labute approximate surface area is 143 Å². The van der Waals surface area contributed by atoms with Gasteiger partial charge in [0.2, 0.25) is 10.0 Å². The van der Waals surface area contributed by atoms with Gasteiger partial charge in [0.05, 0.1) is 11.3 Å². The van der Waals surface area contributed by atoms with E-state index >= 15 is 0 Å². The average Bonchev–Trinajstić information content (AvgIpc) is 3.04. The molecule has 9 heteroatoms. The summed E-state index contributed by atoms with van der Waals surface area (Å²) in [5, 5.41) is 9.39. The van der Waals surface area contributed by atoms with Crippen molar-refractivity contribution in [2.24, 2.45) is 5.14 Å². The van der Waals surface area contributed by atoms with Crippen LogP contribution in [0.25, 0.3) is 0 Å². The second kappa shape index (κ2) is 8.04. The van der Waals surface area contributed by atoms with Crippen molar-refractivity contribution in [2.75, 3.05) is 11.9 Å². The number of hydrogen-bond donors (Lipinski definition) is 2. The molecule has 7 nitrogen and oxygen atoms in total. The molecule has 0 aliphatic rings. The highest BCUT2D eigenvalue weighted by atomic mass is 32.2. The first-order valence-corrected chi connectivity index (χ1v) is 9.38. The Morgan fingerprint density at radius 2 is 2.00 bits per heavy atom. The van der Waals surface area contributed by atoms with E-state index in [1.165, 1.54) is 24.3 Å². The van der Waals surface area contributed by atoms with E-state index in [9.17, 15) is 18.0 Å². The summed E-state index contributed by atoms with van der Waals surface area (Å²) < 4.78 is 27.4. The lowest BCUT2D eigenvalue weighted by Crippen LogP contribution is -2.21. The molecule has 0 fully saturated rings. The van der Waals surface area contributed by atoms with Gasteiger partial charge in [-0.15, -0.1) is 11.3 Å². The van der Waals surface area contributed by atoms with Crippen LogP contribution in [-0.2, 0) is 30.8 Å². The van der Waals surface area contributed by atoms with Crippen LogP contribution >= 0.6 is 11.3 Å². The SMILES string of the molecule is NS(=O)(=O)c1cccc(NC(=O)COC(=O)CCc2cccs2)c1. The van der Waals surface area contributed by atoms with Crippen molar-refractivity contribution >= 4 is 38.9 Å². The maximum absolute atomic E-state index is 11.7. The largest absolute Gasteiger partial charge is 0.456 e. The maximum atomic E-state index is 11.7. The second-order valence-electron chi connectivity index (χ2n) is 4.86. The molecular weight excluding hydrogens is 352 g/mol. The summed E-state index contributed by atoms with van der Waals surface area (Å²) in [4.78, 5) is 24.3. The van der Waals surface area contributed by atoms with Crippen LogP contribution in [0.2, 0.25) is 0 Å². The van der Waals surface area contributed by atoms with Crippen LogP contribution in [0.15, 0.2) is 46.7 Å². The molecule has 3 N–H and O–H groups in total. The topological polar surface area (TPSA) is 116 Å². The number of thiophene rings is 1. The number of esters is 1. The summed E-state index contributed by atoms with van der Waals surface area (Å²) in [5.41, 5.74) is 0.251. The first-order chi connectivity index (χ1) is 11.3. The molecule has 128 valence electrons. The fourth-order valence-electron chi connectivity index (χ4n) is 1.85. The van der Waals surface area contributed by atoms with Gasteiger partial charge in [-0.3, -0.25) is 9.59 Å². The Hall–Kier alpha value is -2.23. The number of hydrogen-bond acceptors (Lipinski definition) is 6. The summed E-state index contributed by atoms with van der Waals surface area (Å²) in [6, 6.07) is 9.31. The lowest BCUT2D eigenvalue weighted by molar-refractivity contribution is -0.147. The molecule has 0 saturated carbocycles. The molecule has 1 amide bonds. The van der Waals surface area contributed by atoms with Crippen molar-refractivity contribution in [3.63, 3.8) is 0 Å². The number of primary sulfonamides is 1. The summed E-state index contributed by atoms with van der Waals surface area (Å²) in [6.07, 6.45) is 0.753. The van der Waals surface area contributed by atoms with Crippen LogP contribution in [0.1, 0.15) is 11.3 Å². The Balaban J connectivity index is 1.80. The Kier molecular flexibility index (Phi) is 6.07. The number of ether oxygens (including phenoxy) is 1. The Bertz CT molecular complexity index is 816. The van der Waals surface area contributed by atoms with Gasteiger partial charge in [-0.25, -0.2) is 13.6 Å². The van der Waals surface area contributed by atoms with E-state index in [4.69, 9.17) is 9.88 Å². The summed E-state index contributed by atoms with van der Waals surface area (Å²) in [5.74, 6) is -1.04. The highest BCUT2D eigenvalue weighted by Crippen LogP contribution is 2.14. The summed E-state index contributed by atoms with van der Waals surface area (Å²) in [6.45, 7) is -0.442. The van der Waals surface area contributed by atoms with Crippen molar-refractivity contribution in [1.82, 2.24) is 0 Å². The minimum atomic E-state index is -3.85. The molecule has 1 aromatic heterocycles. The first kappa shape index (κ1) is 18.1. The normalized spacial score (nSPS) is 11.0. The van der Waals surface area contributed by atoms with Crippen LogP contribution < -0.4 is 10.5 Å². The van der Waals surface area contributed by atoms with Crippen LogP contribution in [-0.4, -0.2) is 26.9 Å². The predicted molar refractivity (Wildman–Crippen MR) is 90.0 cm³/mol. The number of aryl methyl sites for hydroxylation is 1. The number of amides is 1. The van der Waals surface area contributed by atoms with Gasteiger partial charge >= 0.3 is 5.97 Å². The zero-order chi connectivity index (χ0) is 17.6. The number of carbonyl (C=O) groups is 2. The molecule has 0 saturated heterocycles. The molecule has 0 spiro atoms. The van der Waals surface area contributed by atoms with Gasteiger partial charge in [-0.2, -0.15) is 0 Å². The quantitative estimate of drug-likeness (QED) is 0.719. The monoisotopic (exact) mass is 368 g/mol. The van der Waals surface area contributed by atoms with E-state index in [1.807, 2.05) is 17.5 Å². The molecule has 0 bridgehead atoms. The highest BCUT2D eigenvalue weighted by molar-refractivity contribution is 7.89. The molecule has 0 aliphatic heterocycles. The van der Waals surface area contributed by atoms with Crippen molar-refractivity contribution in [1.29, 1.82) is 0 Å². The van der Waals surface area contributed by atoms with Gasteiger partial charge in [-0.1, -0.05) is 12.1 Å². The summed E-state index contributed by atoms with van der Waals surface area (Å²) in [7, 11) is -3.85. The number of nitrogens with one attached hydrogen (secondary N) is 1. The van der Waals surface area contributed by atoms with E-state index in [1.54, 1.807) is 11.3 Å². The number of anilines is 1. The van der Waals surface area contributed by atoms with Gasteiger partial charge in [0.25, 0.3) is 5.91 Å². The fourth-order valence-corrected chi connectivity index (χ4v) is 3.11. The minimum Gasteiger partial charge on any atom is -0.456 e. The number of rotatable bonds is 7. The van der Waals surface area contributed by atoms with Gasteiger partial charge < -0.3 is 10.1 Å². The van der Waals surface area contributed by atoms with Crippen LogP contribution in [0.3, 0.4) is 0 Å². The van der Waals surface area contributed by atoms with Gasteiger partial charge in [0.15, 0.2) is 6.61 Å². The molecule has 24 heavy (non-hydrogen) atoms. The molecule has 2 aromatic rings. The number of carbonyl (C=O) groups excluding carboxylic acids is 2. The average molecular weight is 368 g/mol. The molecule has 0 unspecified atom stereocenters. The first-order valence-electron chi connectivity index (χ1n) is 6.95. The van der Waals surface area contributed by atoms with E-state index in [0.717, 1.165) is 4.88 Å². The van der Waals surface area contributed by atoms with Crippen molar-refractivity contribution in [3.8, 4) is 0 Å². The maximum Gasteiger partial charge on any atom is 0.306 e. The van der Waals surface area contributed by atoms with Gasteiger partial charge in [0.1, 0.15) is 0 Å². The Morgan fingerprint density at radius 3 is 2.67 bits per heavy atom. The third-order valence-corrected chi connectivity index (χ3v) is 4.81. The zero-order valence-corrected chi connectivity index (χ0v) is 14.2. The molecule has 0 aliphatic carbocycles. The van der Waals surface area contributed by atoms with Gasteiger partial charge in [0, 0.05) is 10.6 Å². The highest BCUT2D eigenvalue weighted by Gasteiger charge is 2.11. The molecule has 1 aromatic carbocycles. The molecule has 0 atom stereocenters. The van der Waals surface area contributed by atoms with E-state index in [0.29, 0.717) is 6.42 Å².